The lowest BCUT2D eigenvalue weighted by Crippen LogP contribution is -2.46. The minimum absolute atomic E-state index is 0.0731. The monoisotopic (exact) mass is 376 g/mol. The highest BCUT2D eigenvalue weighted by atomic mass is 35.5. The summed E-state index contributed by atoms with van der Waals surface area (Å²) in [6, 6.07) is 7.27. The van der Waals surface area contributed by atoms with Crippen molar-refractivity contribution in [3.8, 4) is 0 Å². The lowest BCUT2D eigenvalue weighted by atomic mass is 9.96. The first-order valence-electron chi connectivity index (χ1n) is 8.13. The summed E-state index contributed by atoms with van der Waals surface area (Å²) in [4.78, 5) is 23.9. The second-order valence-corrected chi connectivity index (χ2v) is 6.60. The molecule has 1 aliphatic rings. The van der Waals surface area contributed by atoms with Gasteiger partial charge in [0.1, 0.15) is 0 Å². The lowest BCUT2D eigenvalue weighted by molar-refractivity contribution is -0.186. The van der Waals surface area contributed by atoms with Gasteiger partial charge in [0, 0.05) is 31.1 Å². The number of aryl methyl sites for hydroxylation is 1. The lowest BCUT2D eigenvalue weighted by Gasteiger charge is -2.32. The molecular formula is C17H20ClF3N2O2. The number of carbonyl (C=O) groups excluding carboxylic acids is 2. The average Bonchev–Trinajstić information content (AvgIpc) is 2.58. The maximum absolute atomic E-state index is 12.4. The van der Waals surface area contributed by atoms with E-state index in [2.05, 4.69) is 5.32 Å². The fraction of sp³-hybridized carbons (Fsp3) is 0.529. The zero-order valence-corrected chi connectivity index (χ0v) is 14.4. The number of hydrogen-bond acceptors (Lipinski definition) is 2. The SMILES string of the molecule is O=C(CCc1ccc(Cl)cc1)NCC1CCN(C(=O)C(F)(F)F)CC1. The number of nitrogens with one attached hydrogen (secondary N) is 1. The Morgan fingerprint density at radius 3 is 2.32 bits per heavy atom. The first-order valence-corrected chi connectivity index (χ1v) is 8.50. The van der Waals surface area contributed by atoms with Crippen molar-refractivity contribution in [2.45, 2.75) is 31.9 Å². The smallest absolute Gasteiger partial charge is 0.356 e. The molecule has 0 spiro atoms. The standard InChI is InChI=1S/C17H20ClF3N2O2/c18-14-4-1-12(2-5-14)3-6-15(24)22-11-13-7-9-23(10-8-13)16(25)17(19,20)21/h1-2,4-5,13H,3,6-11H2,(H,22,24). The van der Waals surface area contributed by atoms with Crippen LogP contribution in [0.2, 0.25) is 5.02 Å². The van der Waals surface area contributed by atoms with Crippen LogP contribution in [0.5, 0.6) is 0 Å². The average molecular weight is 377 g/mol. The number of halogens is 4. The molecule has 1 heterocycles. The van der Waals surface area contributed by atoms with Crippen molar-refractivity contribution in [3.63, 3.8) is 0 Å². The van der Waals surface area contributed by atoms with E-state index < -0.39 is 12.1 Å². The second kappa shape index (κ2) is 8.56. The van der Waals surface area contributed by atoms with Crippen LogP contribution in [0.4, 0.5) is 13.2 Å². The molecule has 1 aliphatic heterocycles. The highest BCUT2D eigenvalue weighted by Gasteiger charge is 2.43. The van der Waals surface area contributed by atoms with E-state index in [0.29, 0.717) is 37.3 Å². The van der Waals surface area contributed by atoms with Crippen LogP contribution in [0, 0.1) is 5.92 Å². The molecule has 2 amide bonds. The third kappa shape index (κ3) is 6.23. The molecule has 1 N–H and O–H groups in total. The normalized spacial score (nSPS) is 15.9. The summed E-state index contributed by atoms with van der Waals surface area (Å²) in [5, 5.41) is 3.46. The predicted octanol–water partition coefficient (Wildman–Crippen LogP) is 3.19. The van der Waals surface area contributed by atoms with Gasteiger partial charge in [-0.2, -0.15) is 13.2 Å². The van der Waals surface area contributed by atoms with Gasteiger partial charge in [0.05, 0.1) is 0 Å². The van der Waals surface area contributed by atoms with Crippen LogP contribution in [-0.4, -0.2) is 42.5 Å². The Bertz CT molecular complexity index is 597. The number of amides is 2. The van der Waals surface area contributed by atoms with Crippen molar-refractivity contribution in [2.24, 2.45) is 5.92 Å². The fourth-order valence-corrected chi connectivity index (χ4v) is 2.90. The summed E-state index contributed by atoms with van der Waals surface area (Å²) < 4.78 is 37.1. The van der Waals surface area contributed by atoms with E-state index in [0.717, 1.165) is 10.5 Å². The zero-order valence-electron chi connectivity index (χ0n) is 13.6. The summed E-state index contributed by atoms with van der Waals surface area (Å²) in [6.07, 6.45) is -2.96. The maximum atomic E-state index is 12.4. The largest absolute Gasteiger partial charge is 0.471 e. The first-order chi connectivity index (χ1) is 11.8. The topological polar surface area (TPSA) is 49.4 Å². The minimum Gasteiger partial charge on any atom is -0.356 e. The van der Waals surface area contributed by atoms with Crippen LogP contribution in [-0.2, 0) is 16.0 Å². The molecule has 0 saturated carbocycles. The summed E-state index contributed by atoms with van der Waals surface area (Å²) in [7, 11) is 0. The summed E-state index contributed by atoms with van der Waals surface area (Å²) >= 11 is 5.80. The number of rotatable bonds is 5. The van der Waals surface area contributed by atoms with Gasteiger partial charge in [0.2, 0.25) is 5.91 Å². The number of piperidine rings is 1. The molecule has 138 valence electrons. The van der Waals surface area contributed by atoms with Crippen LogP contribution >= 0.6 is 11.6 Å². The van der Waals surface area contributed by atoms with Gasteiger partial charge in [-0.3, -0.25) is 9.59 Å². The molecule has 1 aromatic rings. The van der Waals surface area contributed by atoms with Crippen molar-refractivity contribution in [3.05, 3.63) is 34.9 Å². The first kappa shape index (κ1) is 19.6. The molecule has 1 fully saturated rings. The van der Waals surface area contributed by atoms with Gasteiger partial charge in [-0.25, -0.2) is 0 Å². The molecule has 1 saturated heterocycles. The number of nitrogens with zero attached hydrogens (tertiary/aromatic N) is 1. The molecule has 0 unspecified atom stereocenters. The van der Waals surface area contributed by atoms with E-state index in [1.54, 1.807) is 12.1 Å². The van der Waals surface area contributed by atoms with Gasteiger partial charge >= 0.3 is 12.1 Å². The van der Waals surface area contributed by atoms with Crippen LogP contribution in [0.15, 0.2) is 24.3 Å². The Morgan fingerprint density at radius 2 is 1.76 bits per heavy atom. The van der Waals surface area contributed by atoms with Crippen molar-refractivity contribution >= 4 is 23.4 Å². The van der Waals surface area contributed by atoms with E-state index >= 15 is 0 Å². The zero-order chi connectivity index (χ0) is 18.4. The van der Waals surface area contributed by atoms with Gasteiger partial charge in [0.15, 0.2) is 0 Å². The molecular weight excluding hydrogens is 357 g/mol. The van der Waals surface area contributed by atoms with Crippen LogP contribution in [0.25, 0.3) is 0 Å². The van der Waals surface area contributed by atoms with E-state index in [-0.39, 0.29) is 24.9 Å². The Labute approximate surface area is 149 Å². The number of likely N-dealkylation sites (tertiary alicyclic amines) is 1. The molecule has 0 aliphatic carbocycles. The second-order valence-electron chi connectivity index (χ2n) is 6.16. The third-order valence-electron chi connectivity index (χ3n) is 4.29. The Balaban J connectivity index is 1.66. The number of hydrogen-bond donors (Lipinski definition) is 1. The van der Waals surface area contributed by atoms with Gasteiger partial charge in [-0.15, -0.1) is 0 Å². The number of alkyl halides is 3. The molecule has 0 atom stereocenters. The molecule has 4 nitrogen and oxygen atoms in total. The third-order valence-corrected chi connectivity index (χ3v) is 4.54. The molecule has 8 heteroatoms. The Morgan fingerprint density at radius 1 is 1.16 bits per heavy atom. The minimum atomic E-state index is -4.82. The maximum Gasteiger partial charge on any atom is 0.471 e. The van der Waals surface area contributed by atoms with Crippen LogP contribution in [0.1, 0.15) is 24.8 Å². The molecule has 2 rings (SSSR count). The fourth-order valence-electron chi connectivity index (χ4n) is 2.77. The van der Waals surface area contributed by atoms with Gasteiger partial charge in [-0.1, -0.05) is 23.7 Å². The number of carbonyl (C=O) groups is 2. The molecule has 0 radical (unpaired) electrons. The van der Waals surface area contributed by atoms with Crippen molar-refractivity contribution in [2.75, 3.05) is 19.6 Å². The van der Waals surface area contributed by atoms with Crippen molar-refractivity contribution < 1.29 is 22.8 Å². The molecule has 0 aromatic heterocycles. The highest BCUT2D eigenvalue weighted by Crippen LogP contribution is 2.23. The molecule has 1 aromatic carbocycles. The highest BCUT2D eigenvalue weighted by molar-refractivity contribution is 6.30. The molecule has 25 heavy (non-hydrogen) atoms. The predicted molar refractivity (Wildman–Crippen MR) is 88.1 cm³/mol. The number of benzene rings is 1. The Hall–Kier alpha value is -1.76. The van der Waals surface area contributed by atoms with Crippen molar-refractivity contribution in [1.29, 1.82) is 0 Å². The van der Waals surface area contributed by atoms with E-state index in [1.165, 1.54) is 0 Å². The van der Waals surface area contributed by atoms with Gasteiger partial charge < -0.3 is 10.2 Å². The molecule has 0 bridgehead atoms. The summed E-state index contributed by atoms with van der Waals surface area (Å²) in [5.74, 6) is -1.78. The van der Waals surface area contributed by atoms with Crippen molar-refractivity contribution in [1.82, 2.24) is 10.2 Å². The summed E-state index contributed by atoms with van der Waals surface area (Å²) in [5.41, 5.74) is 1.01. The van der Waals surface area contributed by atoms with E-state index in [1.807, 2.05) is 12.1 Å². The Kier molecular flexibility index (Phi) is 6.70. The van der Waals surface area contributed by atoms with Crippen LogP contribution in [0.3, 0.4) is 0 Å². The van der Waals surface area contributed by atoms with E-state index in [4.69, 9.17) is 11.6 Å². The summed E-state index contributed by atoms with van der Waals surface area (Å²) in [6.45, 7) is 0.570. The van der Waals surface area contributed by atoms with E-state index in [9.17, 15) is 22.8 Å². The van der Waals surface area contributed by atoms with Gasteiger partial charge in [0.25, 0.3) is 0 Å². The van der Waals surface area contributed by atoms with Crippen LogP contribution < -0.4 is 5.32 Å². The quantitative estimate of drug-likeness (QED) is 0.858. The van der Waals surface area contributed by atoms with Gasteiger partial charge in [-0.05, 0) is 42.9 Å².